The van der Waals surface area contributed by atoms with E-state index in [1.165, 1.54) is 5.56 Å². The topological polar surface area (TPSA) is 78.4 Å². The molecule has 0 spiro atoms. The Morgan fingerprint density at radius 1 is 0.892 bits per heavy atom. The molecule has 1 N–H and O–H groups in total. The molecule has 1 aliphatic heterocycles. The van der Waals surface area contributed by atoms with Gasteiger partial charge in [-0.15, -0.1) is 0 Å². The molecule has 2 heterocycles. The van der Waals surface area contributed by atoms with Crippen LogP contribution < -0.4 is 5.32 Å². The van der Waals surface area contributed by atoms with Crippen molar-refractivity contribution in [3.63, 3.8) is 0 Å². The predicted molar refractivity (Wildman–Crippen MR) is 151 cm³/mol. The minimum atomic E-state index is -3.52. The highest BCUT2D eigenvalue weighted by Gasteiger charge is 2.31. The smallest absolute Gasteiger partial charge is 0.243 e. The molecular weight excluding hydrogens is 550 g/mol. The summed E-state index contributed by atoms with van der Waals surface area (Å²) in [4.78, 5) is 12.4. The lowest BCUT2D eigenvalue weighted by Gasteiger charge is -2.36. The molecule has 5 rings (SSSR count). The number of fused-ring (bicyclic) bond motifs is 1. The molecule has 1 fully saturated rings. The van der Waals surface area contributed by atoms with Crippen molar-refractivity contribution in [1.29, 1.82) is 0 Å². The second kappa shape index (κ2) is 11.3. The first-order valence-corrected chi connectivity index (χ1v) is 14.7. The van der Waals surface area contributed by atoms with E-state index in [0.717, 1.165) is 40.0 Å². The highest BCUT2D eigenvalue weighted by Crippen LogP contribution is 2.27. The van der Waals surface area contributed by atoms with Gasteiger partial charge in [-0.05, 0) is 55.3 Å². The van der Waals surface area contributed by atoms with Crippen LogP contribution in [0, 0.1) is 0 Å². The second-order valence-corrected chi connectivity index (χ2v) is 12.0. The van der Waals surface area contributed by atoms with Gasteiger partial charge in [0.15, 0.2) is 0 Å². The number of piperazine rings is 1. The van der Waals surface area contributed by atoms with Crippen LogP contribution in [0.1, 0.15) is 24.4 Å². The molecule has 1 atom stereocenters. The molecule has 0 aliphatic carbocycles. The summed E-state index contributed by atoms with van der Waals surface area (Å²) in [6, 6.07) is 25.2. The SMILES string of the molecule is CC(c1nc(NCCc2ccccc2)c2ccccc2n1)N1CCN(S(=O)(=O)c2ccc(Br)cc2)CC1. The Labute approximate surface area is 226 Å². The molecule has 3 aromatic carbocycles. The van der Waals surface area contributed by atoms with Crippen LogP contribution >= 0.6 is 15.9 Å². The first-order valence-electron chi connectivity index (χ1n) is 12.5. The Balaban J connectivity index is 1.29. The molecule has 0 saturated carbocycles. The van der Waals surface area contributed by atoms with E-state index in [9.17, 15) is 8.42 Å². The van der Waals surface area contributed by atoms with Crippen LogP contribution in [0.5, 0.6) is 0 Å². The lowest BCUT2D eigenvalue weighted by Crippen LogP contribution is -2.49. The predicted octanol–water partition coefficient (Wildman–Crippen LogP) is 5.11. The van der Waals surface area contributed by atoms with E-state index >= 15 is 0 Å². The van der Waals surface area contributed by atoms with Crippen molar-refractivity contribution < 1.29 is 8.42 Å². The zero-order chi connectivity index (χ0) is 25.8. The Kier molecular flexibility index (Phi) is 7.85. The standard InChI is InChI=1S/C28H30BrN5O2S/c1-21(33-17-19-34(20-18-33)37(35,36)24-13-11-23(29)12-14-24)27-31-26-10-6-5-9-25(26)28(32-27)30-16-15-22-7-3-2-4-8-22/h2-14,21H,15-20H2,1H3,(H,30,31,32). The third-order valence-corrected chi connectivity index (χ3v) is 9.26. The Morgan fingerprint density at radius 2 is 1.57 bits per heavy atom. The fraction of sp³-hybridized carbons (Fsp3) is 0.286. The van der Waals surface area contributed by atoms with Gasteiger partial charge in [0.1, 0.15) is 11.6 Å². The summed E-state index contributed by atoms with van der Waals surface area (Å²) in [6.45, 7) is 4.95. The Hall–Kier alpha value is -2.85. The second-order valence-electron chi connectivity index (χ2n) is 9.18. The van der Waals surface area contributed by atoms with Crippen molar-refractivity contribution in [2.75, 3.05) is 38.0 Å². The molecule has 37 heavy (non-hydrogen) atoms. The van der Waals surface area contributed by atoms with Crippen molar-refractivity contribution in [1.82, 2.24) is 19.2 Å². The number of nitrogens with one attached hydrogen (secondary N) is 1. The zero-order valence-electron chi connectivity index (χ0n) is 20.7. The van der Waals surface area contributed by atoms with E-state index in [2.05, 4.69) is 57.3 Å². The fourth-order valence-electron chi connectivity index (χ4n) is 4.64. The van der Waals surface area contributed by atoms with Crippen molar-refractivity contribution in [2.45, 2.75) is 24.3 Å². The van der Waals surface area contributed by atoms with Gasteiger partial charge in [-0.1, -0.05) is 58.4 Å². The summed E-state index contributed by atoms with van der Waals surface area (Å²) < 4.78 is 28.6. The van der Waals surface area contributed by atoms with Gasteiger partial charge >= 0.3 is 0 Å². The van der Waals surface area contributed by atoms with Crippen molar-refractivity contribution in [2.24, 2.45) is 0 Å². The lowest BCUT2D eigenvalue weighted by molar-refractivity contribution is 0.141. The summed E-state index contributed by atoms with van der Waals surface area (Å²) in [6.07, 6.45) is 0.902. The number of benzene rings is 3. The third-order valence-electron chi connectivity index (χ3n) is 6.82. The number of hydrogen-bond donors (Lipinski definition) is 1. The monoisotopic (exact) mass is 579 g/mol. The summed E-state index contributed by atoms with van der Waals surface area (Å²) in [5.41, 5.74) is 2.18. The van der Waals surface area contributed by atoms with Crippen LogP contribution in [0.4, 0.5) is 5.82 Å². The summed E-state index contributed by atoms with van der Waals surface area (Å²) in [7, 11) is -3.52. The highest BCUT2D eigenvalue weighted by atomic mass is 79.9. The van der Waals surface area contributed by atoms with E-state index in [1.807, 2.05) is 30.3 Å². The van der Waals surface area contributed by atoms with E-state index in [0.29, 0.717) is 31.1 Å². The fourth-order valence-corrected chi connectivity index (χ4v) is 6.32. The number of anilines is 1. The number of nitrogens with zero attached hydrogens (tertiary/aromatic N) is 4. The number of sulfonamides is 1. The van der Waals surface area contributed by atoms with Gasteiger partial charge in [-0.2, -0.15) is 4.31 Å². The Morgan fingerprint density at radius 3 is 2.30 bits per heavy atom. The zero-order valence-corrected chi connectivity index (χ0v) is 23.1. The van der Waals surface area contributed by atoms with Crippen LogP contribution in [-0.4, -0.2) is 60.3 Å². The molecule has 9 heteroatoms. The minimum absolute atomic E-state index is 0.0446. The molecule has 0 amide bonds. The average Bonchev–Trinajstić information content (AvgIpc) is 2.93. The summed E-state index contributed by atoms with van der Waals surface area (Å²) >= 11 is 3.37. The average molecular weight is 581 g/mol. The maximum Gasteiger partial charge on any atom is 0.243 e. The molecule has 4 aromatic rings. The van der Waals surface area contributed by atoms with Crippen LogP contribution in [0.2, 0.25) is 0 Å². The summed E-state index contributed by atoms with van der Waals surface area (Å²) in [5, 5.41) is 4.52. The summed E-state index contributed by atoms with van der Waals surface area (Å²) in [5.74, 6) is 1.57. The van der Waals surface area contributed by atoms with Crippen LogP contribution in [0.15, 0.2) is 88.2 Å². The number of para-hydroxylation sites is 1. The third kappa shape index (κ3) is 5.85. The van der Waals surface area contributed by atoms with Crippen molar-refractivity contribution in [3.05, 3.63) is 94.7 Å². The lowest BCUT2D eigenvalue weighted by atomic mass is 10.1. The first-order chi connectivity index (χ1) is 17.9. The van der Waals surface area contributed by atoms with E-state index in [-0.39, 0.29) is 6.04 Å². The van der Waals surface area contributed by atoms with Crippen LogP contribution in [0.25, 0.3) is 10.9 Å². The minimum Gasteiger partial charge on any atom is -0.369 e. The van der Waals surface area contributed by atoms with Gasteiger partial charge in [-0.3, -0.25) is 4.90 Å². The number of halogens is 1. The van der Waals surface area contributed by atoms with E-state index in [4.69, 9.17) is 9.97 Å². The van der Waals surface area contributed by atoms with E-state index < -0.39 is 10.0 Å². The van der Waals surface area contributed by atoms with Crippen molar-refractivity contribution in [3.8, 4) is 0 Å². The first kappa shape index (κ1) is 25.8. The van der Waals surface area contributed by atoms with Gasteiger partial charge < -0.3 is 5.32 Å². The van der Waals surface area contributed by atoms with Gasteiger partial charge in [0, 0.05) is 42.6 Å². The Bertz CT molecular complexity index is 1460. The van der Waals surface area contributed by atoms with Gasteiger partial charge in [0.25, 0.3) is 0 Å². The maximum absolute atomic E-state index is 13.1. The van der Waals surface area contributed by atoms with Gasteiger partial charge in [0.2, 0.25) is 10.0 Å². The normalized spacial score (nSPS) is 16.1. The van der Waals surface area contributed by atoms with E-state index in [1.54, 1.807) is 28.6 Å². The van der Waals surface area contributed by atoms with Crippen molar-refractivity contribution >= 4 is 42.7 Å². The maximum atomic E-state index is 13.1. The molecule has 1 saturated heterocycles. The molecule has 1 unspecified atom stereocenters. The number of aromatic nitrogens is 2. The largest absolute Gasteiger partial charge is 0.369 e. The number of hydrogen-bond acceptors (Lipinski definition) is 6. The molecule has 7 nitrogen and oxygen atoms in total. The molecule has 0 bridgehead atoms. The van der Waals surface area contributed by atoms with Gasteiger partial charge in [-0.25, -0.2) is 18.4 Å². The molecule has 1 aromatic heterocycles. The van der Waals surface area contributed by atoms with Gasteiger partial charge in [0.05, 0.1) is 16.5 Å². The molecular formula is C28H30BrN5O2S. The number of rotatable bonds is 8. The molecule has 1 aliphatic rings. The van der Waals surface area contributed by atoms with Crippen LogP contribution in [0.3, 0.4) is 0 Å². The highest BCUT2D eigenvalue weighted by molar-refractivity contribution is 9.10. The van der Waals surface area contributed by atoms with Crippen LogP contribution in [-0.2, 0) is 16.4 Å². The quantitative estimate of drug-likeness (QED) is 0.312. The molecule has 192 valence electrons. The molecule has 0 radical (unpaired) electrons.